The maximum atomic E-state index is 12.9. The van der Waals surface area contributed by atoms with Crippen molar-refractivity contribution in [2.24, 2.45) is 5.92 Å². The minimum Gasteiger partial charge on any atom is -0.394 e. The average molecular weight is 303 g/mol. The molecule has 0 aliphatic carbocycles. The van der Waals surface area contributed by atoms with Crippen molar-refractivity contribution in [3.8, 4) is 0 Å². The monoisotopic (exact) mass is 303 g/mol. The Morgan fingerprint density at radius 3 is 2.91 bits per heavy atom. The van der Waals surface area contributed by atoms with E-state index in [1.54, 1.807) is 0 Å². The summed E-state index contributed by atoms with van der Waals surface area (Å²) >= 11 is 0. The van der Waals surface area contributed by atoms with Gasteiger partial charge in [-0.15, -0.1) is 0 Å². The van der Waals surface area contributed by atoms with E-state index in [2.05, 4.69) is 32.0 Å². The maximum absolute atomic E-state index is 12.9. The summed E-state index contributed by atoms with van der Waals surface area (Å²) in [5.74, 6) is -0.0992. The largest absolute Gasteiger partial charge is 0.394 e. The summed E-state index contributed by atoms with van der Waals surface area (Å²) < 4.78 is 0. The summed E-state index contributed by atoms with van der Waals surface area (Å²) in [6, 6.07) is 6.35. The number of anilines is 1. The van der Waals surface area contributed by atoms with Crippen LogP contribution in [0.2, 0.25) is 0 Å². The summed E-state index contributed by atoms with van der Waals surface area (Å²) in [5.41, 5.74) is 3.68. The molecule has 4 nitrogen and oxygen atoms in total. The molecule has 22 heavy (non-hydrogen) atoms. The summed E-state index contributed by atoms with van der Waals surface area (Å²) in [6.45, 7) is 4.93. The van der Waals surface area contributed by atoms with Crippen LogP contribution in [0.15, 0.2) is 18.2 Å². The summed E-state index contributed by atoms with van der Waals surface area (Å²) in [6.07, 6.45) is 2.08. The van der Waals surface area contributed by atoms with E-state index in [9.17, 15) is 9.90 Å². The molecule has 1 aromatic rings. The van der Waals surface area contributed by atoms with E-state index in [-0.39, 0.29) is 23.8 Å². The number of hydrogen-bond donors (Lipinski definition) is 2. The molecule has 0 bridgehead atoms. The molecule has 120 valence electrons. The highest BCUT2D eigenvalue weighted by Crippen LogP contribution is 2.44. The zero-order chi connectivity index (χ0) is 15.9. The van der Waals surface area contributed by atoms with Crippen molar-refractivity contribution in [1.82, 2.24) is 0 Å². The molecule has 0 saturated heterocycles. The topological polar surface area (TPSA) is 60.8 Å². The molecule has 4 heteroatoms. The molecule has 2 aliphatic heterocycles. The Morgan fingerprint density at radius 2 is 2.18 bits per heavy atom. The van der Waals surface area contributed by atoms with Gasteiger partial charge in [0, 0.05) is 12.5 Å². The lowest BCUT2D eigenvalue weighted by Gasteiger charge is -2.40. The van der Waals surface area contributed by atoms with Crippen LogP contribution in [-0.4, -0.2) is 35.4 Å². The Kier molecular flexibility index (Phi) is 4.00. The van der Waals surface area contributed by atoms with Crippen LogP contribution in [0.5, 0.6) is 0 Å². The first-order valence-electron chi connectivity index (χ1n) is 8.16. The van der Waals surface area contributed by atoms with E-state index in [0.717, 1.165) is 31.5 Å². The summed E-state index contributed by atoms with van der Waals surface area (Å²) in [4.78, 5) is 14.8. The molecular formula is C18H25NO3. The smallest absolute Gasteiger partial charge is 0.230 e. The van der Waals surface area contributed by atoms with Crippen LogP contribution in [0, 0.1) is 5.92 Å². The molecule has 2 unspecified atom stereocenters. The number of carbonyl (C=O) groups is 1. The number of nitrogens with zero attached hydrogens (tertiary/aromatic N) is 1. The second-order valence-electron chi connectivity index (χ2n) is 7.24. The number of aliphatic hydroxyl groups is 2. The number of amides is 1. The van der Waals surface area contributed by atoms with Crippen molar-refractivity contribution >= 4 is 11.6 Å². The van der Waals surface area contributed by atoms with E-state index in [1.165, 1.54) is 11.1 Å². The van der Waals surface area contributed by atoms with Gasteiger partial charge in [0.25, 0.3) is 0 Å². The van der Waals surface area contributed by atoms with E-state index >= 15 is 0 Å². The molecule has 1 aromatic carbocycles. The highest BCUT2D eigenvalue weighted by atomic mass is 16.3. The van der Waals surface area contributed by atoms with Gasteiger partial charge in [-0.3, -0.25) is 4.79 Å². The van der Waals surface area contributed by atoms with E-state index in [1.807, 2.05) is 4.90 Å². The van der Waals surface area contributed by atoms with Gasteiger partial charge in [0.15, 0.2) is 0 Å². The van der Waals surface area contributed by atoms with Crippen LogP contribution >= 0.6 is 0 Å². The first-order valence-corrected chi connectivity index (χ1v) is 8.16. The zero-order valence-electron chi connectivity index (χ0n) is 13.4. The zero-order valence-corrected chi connectivity index (χ0v) is 13.4. The van der Waals surface area contributed by atoms with Crippen LogP contribution in [-0.2, 0) is 16.6 Å². The molecule has 0 radical (unpaired) electrons. The number of rotatable bonds is 3. The van der Waals surface area contributed by atoms with Crippen molar-refractivity contribution in [3.05, 3.63) is 29.3 Å². The number of hydrogen-bond acceptors (Lipinski definition) is 3. The van der Waals surface area contributed by atoms with Gasteiger partial charge in [0.1, 0.15) is 0 Å². The van der Waals surface area contributed by atoms with Gasteiger partial charge in [-0.1, -0.05) is 32.0 Å². The van der Waals surface area contributed by atoms with Gasteiger partial charge in [-0.05, 0) is 42.2 Å². The van der Waals surface area contributed by atoms with Crippen LogP contribution < -0.4 is 4.90 Å². The molecule has 2 atom stereocenters. The Morgan fingerprint density at radius 1 is 1.41 bits per heavy atom. The van der Waals surface area contributed by atoms with Gasteiger partial charge in [-0.2, -0.15) is 0 Å². The highest BCUT2D eigenvalue weighted by Gasteiger charge is 2.39. The predicted octanol–water partition coefficient (Wildman–Crippen LogP) is 2.01. The van der Waals surface area contributed by atoms with E-state index < -0.39 is 6.10 Å². The number of aryl methyl sites for hydroxylation is 1. The summed E-state index contributed by atoms with van der Waals surface area (Å²) in [5, 5.41) is 18.8. The lowest BCUT2D eigenvalue weighted by atomic mass is 9.76. The Bertz CT molecular complexity index is 582. The van der Waals surface area contributed by atoms with Gasteiger partial charge < -0.3 is 15.1 Å². The number of benzene rings is 1. The number of carbonyl (C=O) groups excluding carboxylic acids is 1. The van der Waals surface area contributed by atoms with Gasteiger partial charge in [-0.25, -0.2) is 0 Å². The van der Waals surface area contributed by atoms with Crippen molar-refractivity contribution in [2.45, 2.75) is 51.0 Å². The highest BCUT2D eigenvalue weighted by molar-refractivity contribution is 5.98. The first kappa shape index (κ1) is 15.5. The summed E-state index contributed by atoms with van der Waals surface area (Å²) in [7, 11) is 0. The second kappa shape index (κ2) is 5.67. The molecule has 0 aromatic heterocycles. The van der Waals surface area contributed by atoms with Crippen LogP contribution in [0.1, 0.15) is 44.2 Å². The quantitative estimate of drug-likeness (QED) is 0.898. The van der Waals surface area contributed by atoms with Gasteiger partial charge in [0.2, 0.25) is 5.91 Å². The van der Waals surface area contributed by atoms with Crippen molar-refractivity contribution in [2.75, 3.05) is 18.1 Å². The number of para-hydroxylation sites is 1. The van der Waals surface area contributed by atoms with Gasteiger partial charge >= 0.3 is 0 Å². The lowest BCUT2D eigenvalue weighted by molar-refractivity contribution is -0.123. The van der Waals surface area contributed by atoms with Crippen LogP contribution in [0.3, 0.4) is 0 Å². The molecule has 0 spiro atoms. The standard InChI is InChI=1S/C18H25NO3/c1-18(2)8-9-19-16-12(4-3-5-15(16)18)6-7-13(17(19)22)10-14(21)11-20/h3-5,13-14,20-21H,6-11H2,1-2H3. The van der Waals surface area contributed by atoms with Crippen molar-refractivity contribution in [1.29, 1.82) is 0 Å². The molecule has 0 saturated carbocycles. The fourth-order valence-corrected chi connectivity index (χ4v) is 3.81. The number of aliphatic hydroxyl groups excluding tert-OH is 2. The molecule has 2 heterocycles. The Labute approximate surface area is 131 Å². The molecule has 2 aliphatic rings. The SMILES string of the molecule is CC1(C)CCN2C(=O)C(CC(O)CO)CCc3cccc1c32. The molecule has 2 N–H and O–H groups in total. The predicted molar refractivity (Wildman–Crippen MR) is 86.0 cm³/mol. The molecular weight excluding hydrogens is 278 g/mol. The fraction of sp³-hybridized carbons (Fsp3) is 0.611. The fourth-order valence-electron chi connectivity index (χ4n) is 3.81. The first-order chi connectivity index (χ1) is 10.4. The third-order valence-electron chi connectivity index (χ3n) is 5.22. The lowest BCUT2D eigenvalue weighted by Crippen LogP contribution is -2.44. The Hall–Kier alpha value is -1.39. The minimum absolute atomic E-state index is 0.0899. The van der Waals surface area contributed by atoms with Crippen molar-refractivity contribution in [3.63, 3.8) is 0 Å². The third kappa shape index (κ3) is 2.55. The molecule has 0 fully saturated rings. The minimum atomic E-state index is -0.809. The Balaban J connectivity index is 1.99. The maximum Gasteiger partial charge on any atom is 0.230 e. The average Bonchev–Trinajstić information content (AvgIpc) is 2.62. The van der Waals surface area contributed by atoms with E-state index in [0.29, 0.717) is 6.42 Å². The van der Waals surface area contributed by atoms with Gasteiger partial charge in [0.05, 0.1) is 18.4 Å². The normalized spacial score (nSPS) is 24.6. The van der Waals surface area contributed by atoms with Crippen molar-refractivity contribution < 1.29 is 15.0 Å². The molecule has 1 amide bonds. The van der Waals surface area contributed by atoms with Crippen LogP contribution in [0.25, 0.3) is 0 Å². The second-order valence-corrected chi connectivity index (χ2v) is 7.24. The van der Waals surface area contributed by atoms with E-state index in [4.69, 9.17) is 5.11 Å². The third-order valence-corrected chi connectivity index (χ3v) is 5.22. The van der Waals surface area contributed by atoms with Crippen LogP contribution in [0.4, 0.5) is 5.69 Å². The molecule has 3 rings (SSSR count).